The van der Waals surface area contributed by atoms with Crippen molar-refractivity contribution in [3.63, 3.8) is 0 Å². The van der Waals surface area contributed by atoms with Gasteiger partial charge in [0, 0.05) is 18.9 Å². The van der Waals surface area contributed by atoms with Crippen LogP contribution < -0.4 is 14.8 Å². The fraction of sp³-hybridized carbons (Fsp3) is 0.381. The van der Waals surface area contributed by atoms with Crippen molar-refractivity contribution in [2.24, 2.45) is 0 Å². The molecule has 2 aromatic carbocycles. The lowest BCUT2D eigenvalue weighted by atomic mass is 10.0. The molecular formula is C21H25NO3. The lowest BCUT2D eigenvalue weighted by Gasteiger charge is -2.14. The van der Waals surface area contributed by atoms with E-state index in [-0.39, 0.29) is 11.9 Å². The Morgan fingerprint density at radius 1 is 1.20 bits per heavy atom. The molecule has 25 heavy (non-hydrogen) atoms. The number of methoxy groups -OCH3 is 1. The van der Waals surface area contributed by atoms with Crippen LogP contribution in [0.1, 0.15) is 30.0 Å². The van der Waals surface area contributed by atoms with Gasteiger partial charge < -0.3 is 14.8 Å². The van der Waals surface area contributed by atoms with Crippen LogP contribution in [0, 0.1) is 0 Å². The minimum absolute atomic E-state index is 0.0906. The smallest absolute Gasteiger partial charge is 0.220 e. The fourth-order valence-corrected chi connectivity index (χ4v) is 3.17. The molecule has 1 N–H and O–H groups in total. The average Bonchev–Trinajstić information content (AvgIpc) is 3.08. The lowest BCUT2D eigenvalue weighted by Crippen LogP contribution is -2.34. The van der Waals surface area contributed by atoms with Gasteiger partial charge in [0.15, 0.2) is 0 Å². The average molecular weight is 339 g/mol. The summed E-state index contributed by atoms with van der Waals surface area (Å²) in [6.45, 7) is 2.82. The van der Waals surface area contributed by atoms with Gasteiger partial charge in [-0.2, -0.15) is 0 Å². The van der Waals surface area contributed by atoms with E-state index in [0.717, 1.165) is 42.9 Å². The Bertz CT molecular complexity index is 724. The molecule has 0 radical (unpaired) electrons. The molecule has 1 aliphatic heterocycles. The number of benzene rings is 2. The van der Waals surface area contributed by atoms with Gasteiger partial charge in [0.05, 0.1) is 13.7 Å². The molecule has 1 heterocycles. The monoisotopic (exact) mass is 339 g/mol. The van der Waals surface area contributed by atoms with E-state index in [1.54, 1.807) is 7.11 Å². The zero-order chi connectivity index (χ0) is 17.6. The predicted molar refractivity (Wildman–Crippen MR) is 98.3 cm³/mol. The Hall–Kier alpha value is -2.49. The van der Waals surface area contributed by atoms with Gasteiger partial charge in [-0.15, -0.1) is 0 Å². The first kappa shape index (κ1) is 17.3. The summed E-state index contributed by atoms with van der Waals surface area (Å²) in [5.74, 6) is 1.93. The van der Waals surface area contributed by atoms with E-state index < -0.39 is 0 Å². The number of carbonyl (C=O) groups is 1. The number of hydrogen-bond donors (Lipinski definition) is 1. The number of ether oxygens (including phenoxy) is 2. The van der Waals surface area contributed by atoms with E-state index >= 15 is 0 Å². The molecule has 1 aliphatic rings. The summed E-state index contributed by atoms with van der Waals surface area (Å²) in [7, 11) is 1.65. The minimum atomic E-state index is 0.0906. The molecule has 132 valence electrons. The van der Waals surface area contributed by atoms with Crippen molar-refractivity contribution in [2.45, 2.75) is 38.6 Å². The lowest BCUT2D eigenvalue weighted by molar-refractivity contribution is -0.121. The van der Waals surface area contributed by atoms with Crippen molar-refractivity contribution in [1.29, 1.82) is 0 Å². The largest absolute Gasteiger partial charge is 0.497 e. The normalized spacial score (nSPS) is 13.7. The summed E-state index contributed by atoms with van der Waals surface area (Å²) in [5.41, 5.74) is 3.66. The Morgan fingerprint density at radius 3 is 2.72 bits per heavy atom. The minimum Gasteiger partial charge on any atom is -0.497 e. The van der Waals surface area contributed by atoms with E-state index in [1.165, 1.54) is 11.1 Å². The van der Waals surface area contributed by atoms with Crippen LogP contribution in [0.25, 0.3) is 0 Å². The van der Waals surface area contributed by atoms with Gasteiger partial charge in [-0.25, -0.2) is 0 Å². The summed E-state index contributed by atoms with van der Waals surface area (Å²) in [6, 6.07) is 14.3. The zero-order valence-corrected chi connectivity index (χ0v) is 14.9. The number of amides is 1. The quantitative estimate of drug-likeness (QED) is 0.842. The van der Waals surface area contributed by atoms with Crippen molar-refractivity contribution in [1.82, 2.24) is 5.32 Å². The highest BCUT2D eigenvalue weighted by Gasteiger charge is 2.14. The maximum atomic E-state index is 12.2. The van der Waals surface area contributed by atoms with Gasteiger partial charge in [0.1, 0.15) is 11.5 Å². The second kappa shape index (κ2) is 8.06. The molecule has 0 bridgehead atoms. The Labute approximate surface area is 149 Å². The summed E-state index contributed by atoms with van der Waals surface area (Å²) in [4.78, 5) is 12.2. The summed E-state index contributed by atoms with van der Waals surface area (Å²) in [5, 5.41) is 3.09. The molecule has 1 atom stereocenters. The number of hydrogen-bond acceptors (Lipinski definition) is 3. The van der Waals surface area contributed by atoms with E-state index in [9.17, 15) is 4.79 Å². The second-order valence-corrected chi connectivity index (χ2v) is 6.56. The fourth-order valence-electron chi connectivity index (χ4n) is 3.17. The second-order valence-electron chi connectivity index (χ2n) is 6.56. The van der Waals surface area contributed by atoms with Crippen LogP contribution in [-0.4, -0.2) is 25.7 Å². The Morgan fingerprint density at radius 2 is 1.96 bits per heavy atom. The van der Waals surface area contributed by atoms with Crippen LogP contribution in [0.2, 0.25) is 0 Å². The maximum Gasteiger partial charge on any atom is 0.220 e. The van der Waals surface area contributed by atoms with Gasteiger partial charge in [0.25, 0.3) is 0 Å². The molecule has 0 saturated carbocycles. The molecule has 0 spiro atoms. The number of rotatable bonds is 7. The van der Waals surface area contributed by atoms with Crippen LogP contribution in [0.15, 0.2) is 42.5 Å². The maximum absolute atomic E-state index is 12.2. The number of aryl methyl sites for hydroxylation is 1. The zero-order valence-electron chi connectivity index (χ0n) is 14.9. The van der Waals surface area contributed by atoms with E-state index in [2.05, 4.69) is 24.4 Å². The highest BCUT2D eigenvalue weighted by Crippen LogP contribution is 2.26. The van der Waals surface area contributed by atoms with Crippen molar-refractivity contribution in [3.05, 3.63) is 59.2 Å². The van der Waals surface area contributed by atoms with E-state index in [4.69, 9.17) is 9.47 Å². The highest BCUT2D eigenvalue weighted by atomic mass is 16.5. The van der Waals surface area contributed by atoms with Crippen molar-refractivity contribution in [2.75, 3.05) is 13.7 Å². The van der Waals surface area contributed by atoms with Gasteiger partial charge in [-0.3, -0.25) is 4.79 Å². The van der Waals surface area contributed by atoms with E-state index in [0.29, 0.717) is 6.42 Å². The summed E-state index contributed by atoms with van der Waals surface area (Å²) >= 11 is 0. The predicted octanol–water partition coefficient (Wildman–Crippen LogP) is 3.31. The molecule has 0 saturated heterocycles. The Balaban J connectivity index is 1.45. The molecule has 0 aliphatic carbocycles. The van der Waals surface area contributed by atoms with Crippen molar-refractivity contribution < 1.29 is 14.3 Å². The van der Waals surface area contributed by atoms with Gasteiger partial charge in [0.2, 0.25) is 5.91 Å². The first-order chi connectivity index (χ1) is 12.1. The third-order valence-corrected chi connectivity index (χ3v) is 4.50. The van der Waals surface area contributed by atoms with Crippen LogP contribution in [0.5, 0.6) is 11.5 Å². The SMILES string of the molecule is COc1ccc(CCC(=O)N[C@@H](C)Cc2ccc3c(c2)CCO3)cc1. The molecule has 4 nitrogen and oxygen atoms in total. The van der Waals surface area contributed by atoms with Gasteiger partial charge >= 0.3 is 0 Å². The summed E-state index contributed by atoms with van der Waals surface area (Å²) < 4.78 is 10.7. The van der Waals surface area contributed by atoms with Gasteiger partial charge in [-0.05, 0) is 54.7 Å². The molecular weight excluding hydrogens is 314 g/mol. The Kier molecular flexibility index (Phi) is 5.59. The van der Waals surface area contributed by atoms with Crippen LogP contribution >= 0.6 is 0 Å². The van der Waals surface area contributed by atoms with Crippen LogP contribution in [0.3, 0.4) is 0 Å². The van der Waals surface area contributed by atoms with E-state index in [1.807, 2.05) is 30.3 Å². The summed E-state index contributed by atoms with van der Waals surface area (Å²) in [6.07, 6.45) is 3.04. The van der Waals surface area contributed by atoms with Crippen molar-refractivity contribution >= 4 is 5.91 Å². The van der Waals surface area contributed by atoms with Crippen molar-refractivity contribution in [3.8, 4) is 11.5 Å². The first-order valence-corrected chi connectivity index (χ1v) is 8.81. The molecule has 0 aromatic heterocycles. The standard InChI is InChI=1S/C21H25NO3/c1-15(13-17-5-9-20-18(14-17)11-12-25-20)22-21(23)10-6-16-3-7-19(24-2)8-4-16/h3-5,7-9,14-15H,6,10-13H2,1-2H3,(H,22,23)/t15-/m0/s1. The third-order valence-electron chi connectivity index (χ3n) is 4.50. The number of fused-ring (bicyclic) bond motifs is 1. The molecule has 1 amide bonds. The van der Waals surface area contributed by atoms with Crippen LogP contribution in [-0.2, 0) is 24.1 Å². The molecule has 2 aromatic rings. The third kappa shape index (κ3) is 4.75. The molecule has 0 fully saturated rings. The van der Waals surface area contributed by atoms with Gasteiger partial charge in [-0.1, -0.05) is 24.3 Å². The topological polar surface area (TPSA) is 47.6 Å². The highest BCUT2D eigenvalue weighted by molar-refractivity contribution is 5.76. The molecule has 0 unspecified atom stereocenters. The first-order valence-electron chi connectivity index (χ1n) is 8.81. The number of nitrogens with one attached hydrogen (secondary N) is 1. The molecule has 3 rings (SSSR count). The number of carbonyl (C=O) groups excluding carboxylic acids is 1. The van der Waals surface area contributed by atoms with Crippen LogP contribution in [0.4, 0.5) is 0 Å². The molecule has 4 heteroatoms.